The third kappa shape index (κ3) is 3.76. The van der Waals surface area contributed by atoms with E-state index in [-0.39, 0.29) is 10.8 Å². The first-order valence-electron chi connectivity index (χ1n) is 10.8. The number of amides is 1. The molecule has 4 heterocycles. The minimum Gasteiger partial charge on any atom is -0.296 e. The van der Waals surface area contributed by atoms with Gasteiger partial charge in [0.25, 0.3) is 0 Å². The Morgan fingerprint density at radius 3 is 2.52 bits per heavy atom. The van der Waals surface area contributed by atoms with Crippen molar-refractivity contribution in [2.75, 3.05) is 18.0 Å². The summed E-state index contributed by atoms with van der Waals surface area (Å²) in [5.41, 5.74) is 2.79. The zero-order valence-corrected chi connectivity index (χ0v) is 19.6. The van der Waals surface area contributed by atoms with Crippen molar-refractivity contribution in [2.45, 2.75) is 71.2 Å². The lowest BCUT2D eigenvalue weighted by Gasteiger charge is -2.31. The molecule has 1 saturated heterocycles. The predicted molar refractivity (Wildman–Crippen MR) is 116 cm³/mol. The van der Waals surface area contributed by atoms with E-state index < -0.39 is 16.1 Å². The fraction of sp³-hybridized carbons (Fsp3) is 0.619. The molecule has 168 valence electrons. The molecular formula is C21H30N6O3S. The van der Waals surface area contributed by atoms with Crippen molar-refractivity contribution < 1.29 is 13.2 Å². The lowest BCUT2D eigenvalue weighted by atomic mass is 10.0. The Morgan fingerprint density at radius 2 is 1.87 bits per heavy atom. The molecule has 1 amide bonds. The molecule has 0 bridgehead atoms. The Morgan fingerprint density at radius 1 is 1.13 bits per heavy atom. The van der Waals surface area contributed by atoms with E-state index >= 15 is 0 Å². The van der Waals surface area contributed by atoms with Gasteiger partial charge in [-0.15, -0.1) is 0 Å². The monoisotopic (exact) mass is 446 g/mol. The first-order chi connectivity index (χ1) is 14.6. The maximum Gasteiger partial charge on any atom is 0.247 e. The van der Waals surface area contributed by atoms with Gasteiger partial charge in [-0.25, -0.2) is 18.4 Å². The van der Waals surface area contributed by atoms with Crippen LogP contribution in [0.5, 0.6) is 0 Å². The van der Waals surface area contributed by atoms with Crippen LogP contribution in [0.15, 0.2) is 4.90 Å². The van der Waals surface area contributed by atoms with Crippen LogP contribution in [0.1, 0.15) is 67.6 Å². The highest BCUT2D eigenvalue weighted by Gasteiger charge is 2.41. The number of carbonyl (C=O) groups excluding carboxylic acids is 1. The fourth-order valence-electron chi connectivity index (χ4n) is 4.63. The number of nitrogens with one attached hydrogen (secondary N) is 1. The second-order valence-electron chi connectivity index (χ2n) is 8.90. The van der Waals surface area contributed by atoms with Gasteiger partial charge in [-0.05, 0) is 46.0 Å². The highest BCUT2D eigenvalue weighted by atomic mass is 32.2. The highest BCUT2D eigenvalue weighted by Crippen LogP contribution is 2.38. The van der Waals surface area contributed by atoms with E-state index in [2.05, 4.69) is 24.0 Å². The normalized spacial score (nSPS) is 20.0. The maximum absolute atomic E-state index is 13.5. The van der Waals surface area contributed by atoms with E-state index in [0.717, 1.165) is 17.7 Å². The Labute approximate surface area is 183 Å². The van der Waals surface area contributed by atoms with E-state index in [4.69, 9.17) is 9.97 Å². The number of sulfonamides is 1. The van der Waals surface area contributed by atoms with Crippen LogP contribution >= 0.6 is 0 Å². The van der Waals surface area contributed by atoms with Crippen LogP contribution in [0, 0.1) is 26.7 Å². The molecule has 0 aromatic carbocycles. The summed E-state index contributed by atoms with van der Waals surface area (Å²) in [5, 5.41) is 6.83. The van der Waals surface area contributed by atoms with Gasteiger partial charge in [-0.1, -0.05) is 13.8 Å². The number of aromatic amines is 1. The molecule has 0 aliphatic carbocycles. The van der Waals surface area contributed by atoms with Crippen molar-refractivity contribution in [3.05, 3.63) is 28.5 Å². The molecule has 9 nitrogen and oxygen atoms in total. The van der Waals surface area contributed by atoms with Crippen LogP contribution in [0.25, 0.3) is 0 Å². The fourth-order valence-corrected chi connectivity index (χ4v) is 6.62. The number of fused-ring (bicyclic) bond motifs is 1. The van der Waals surface area contributed by atoms with Gasteiger partial charge >= 0.3 is 0 Å². The first kappa shape index (κ1) is 21.9. The molecule has 0 radical (unpaired) electrons. The van der Waals surface area contributed by atoms with Crippen molar-refractivity contribution in [2.24, 2.45) is 5.92 Å². The van der Waals surface area contributed by atoms with E-state index in [1.165, 1.54) is 4.31 Å². The Hall–Kier alpha value is -2.33. The summed E-state index contributed by atoms with van der Waals surface area (Å²) in [6.45, 7) is 10.5. The Bertz CT molecular complexity index is 1100. The highest BCUT2D eigenvalue weighted by molar-refractivity contribution is 7.89. The molecule has 4 rings (SSSR count). The third-order valence-electron chi connectivity index (χ3n) is 6.03. The van der Waals surface area contributed by atoms with Crippen LogP contribution in [-0.4, -0.2) is 51.9 Å². The lowest BCUT2D eigenvalue weighted by Crippen LogP contribution is -2.40. The zero-order chi connectivity index (χ0) is 22.5. The number of carbonyl (C=O) groups is 1. The molecule has 1 fully saturated rings. The van der Waals surface area contributed by atoms with Crippen molar-refractivity contribution >= 4 is 21.7 Å². The molecular weight excluding hydrogens is 416 g/mol. The van der Waals surface area contributed by atoms with Crippen molar-refractivity contribution in [1.82, 2.24) is 24.5 Å². The number of rotatable bonds is 5. The second kappa shape index (κ2) is 7.98. The van der Waals surface area contributed by atoms with Gasteiger partial charge in [0.1, 0.15) is 16.5 Å². The molecule has 0 spiro atoms. The van der Waals surface area contributed by atoms with Gasteiger partial charge in [-0.3, -0.25) is 14.8 Å². The SMILES string of the molecule is Cc1nc(C2CCCN2S(=O)(=O)c2c(C)n[nH]c2C)nc2c1CCC(=O)N2CC(C)C. The van der Waals surface area contributed by atoms with Gasteiger partial charge in [0.2, 0.25) is 15.9 Å². The van der Waals surface area contributed by atoms with Crippen molar-refractivity contribution in [3.8, 4) is 0 Å². The summed E-state index contributed by atoms with van der Waals surface area (Å²) < 4.78 is 28.5. The number of nitrogens with zero attached hydrogens (tertiary/aromatic N) is 5. The standard InChI is InChI=1S/C21H30N6O3S/c1-12(2)11-26-18(28)9-8-16-13(3)22-20(23-21(16)26)17-7-6-10-27(17)31(29,30)19-14(4)24-25-15(19)5/h12,17H,6-11H2,1-5H3,(H,24,25). The summed E-state index contributed by atoms with van der Waals surface area (Å²) in [7, 11) is -3.75. The third-order valence-corrected chi connectivity index (χ3v) is 8.20. The van der Waals surface area contributed by atoms with E-state index in [1.54, 1.807) is 18.7 Å². The Kier molecular flexibility index (Phi) is 5.63. The smallest absolute Gasteiger partial charge is 0.247 e. The van der Waals surface area contributed by atoms with Crippen molar-refractivity contribution in [1.29, 1.82) is 0 Å². The van der Waals surface area contributed by atoms with Gasteiger partial charge < -0.3 is 0 Å². The molecule has 2 aromatic rings. The summed E-state index contributed by atoms with van der Waals surface area (Å²) in [4.78, 5) is 24.1. The number of hydrogen-bond acceptors (Lipinski definition) is 6. The van der Waals surface area contributed by atoms with E-state index in [9.17, 15) is 13.2 Å². The molecule has 0 saturated carbocycles. The predicted octanol–water partition coefficient (Wildman–Crippen LogP) is 2.59. The summed E-state index contributed by atoms with van der Waals surface area (Å²) >= 11 is 0. The topological polar surface area (TPSA) is 112 Å². The summed E-state index contributed by atoms with van der Waals surface area (Å²) in [6, 6.07) is -0.458. The number of anilines is 1. The van der Waals surface area contributed by atoms with Crippen LogP contribution in [0.4, 0.5) is 5.82 Å². The number of H-pyrrole nitrogens is 1. The molecule has 2 aliphatic heterocycles. The largest absolute Gasteiger partial charge is 0.296 e. The van der Waals surface area contributed by atoms with Gasteiger partial charge in [0.05, 0.1) is 17.4 Å². The molecule has 1 unspecified atom stereocenters. The summed E-state index contributed by atoms with van der Waals surface area (Å²) in [6.07, 6.45) is 2.45. The second-order valence-corrected chi connectivity index (χ2v) is 10.7. The van der Waals surface area contributed by atoms with Crippen LogP contribution < -0.4 is 4.90 Å². The maximum atomic E-state index is 13.5. The molecule has 31 heavy (non-hydrogen) atoms. The van der Waals surface area contributed by atoms with Crippen LogP contribution in [0.3, 0.4) is 0 Å². The average Bonchev–Trinajstić information content (AvgIpc) is 3.31. The first-order valence-corrected chi connectivity index (χ1v) is 12.3. The van der Waals surface area contributed by atoms with Gasteiger partial charge in [0.15, 0.2) is 0 Å². The summed E-state index contributed by atoms with van der Waals surface area (Å²) in [5.74, 6) is 1.47. The van der Waals surface area contributed by atoms with Gasteiger partial charge in [0, 0.05) is 30.8 Å². The minimum atomic E-state index is -3.75. The number of aromatic nitrogens is 4. The lowest BCUT2D eigenvalue weighted by molar-refractivity contribution is -0.119. The van der Waals surface area contributed by atoms with Crippen LogP contribution in [-0.2, 0) is 21.2 Å². The van der Waals surface area contributed by atoms with E-state index in [1.807, 2.05) is 6.92 Å². The molecule has 1 N–H and O–H groups in total. The Balaban J connectivity index is 1.77. The molecule has 2 aliphatic rings. The minimum absolute atomic E-state index is 0.0609. The number of aryl methyl sites for hydroxylation is 3. The molecule has 2 aromatic heterocycles. The quantitative estimate of drug-likeness (QED) is 0.755. The van der Waals surface area contributed by atoms with Crippen molar-refractivity contribution in [3.63, 3.8) is 0 Å². The average molecular weight is 447 g/mol. The van der Waals surface area contributed by atoms with E-state index in [0.29, 0.717) is 61.3 Å². The molecule has 1 atom stereocenters. The molecule has 10 heteroatoms. The zero-order valence-electron chi connectivity index (χ0n) is 18.8. The number of hydrogen-bond donors (Lipinski definition) is 1. The van der Waals surface area contributed by atoms with Gasteiger partial charge in [-0.2, -0.15) is 9.40 Å². The van der Waals surface area contributed by atoms with Crippen LogP contribution in [0.2, 0.25) is 0 Å².